The number of esters is 1. The van der Waals surface area contributed by atoms with E-state index in [1.54, 1.807) is 11.8 Å². The van der Waals surface area contributed by atoms with Gasteiger partial charge in [0, 0.05) is 18.8 Å². The van der Waals surface area contributed by atoms with Crippen LogP contribution in [0.25, 0.3) is 10.8 Å². The van der Waals surface area contributed by atoms with Crippen molar-refractivity contribution in [3.8, 4) is 0 Å². The van der Waals surface area contributed by atoms with Crippen molar-refractivity contribution < 1.29 is 29.0 Å². The second-order valence-electron chi connectivity index (χ2n) is 10.1. The Kier molecular flexibility index (Phi) is 6.51. The molecular formula is C28H34N2O6. The summed E-state index contributed by atoms with van der Waals surface area (Å²) in [6.45, 7) is 4.24. The van der Waals surface area contributed by atoms with E-state index in [0.717, 1.165) is 10.8 Å². The number of hydrogen-bond acceptors (Lipinski definition) is 6. The lowest BCUT2D eigenvalue weighted by Crippen LogP contribution is -2.53. The summed E-state index contributed by atoms with van der Waals surface area (Å²) in [5.74, 6) is -2.47. The van der Waals surface area contributed by atoms with Crippen LogP contribution in [0.3, 0.4) is 0 Å². The maximum atomic E-state index is 13.9. The Morgan fingerprint density at radius 1 is 1.14 bits per heavy atom. The number of unbranched alkanes of at least 4 members (excludes halogenated alkanes) is 1. The van der Waals surface area contributed by atoms with Crippen molar-refractivity contribution in [2.45, 2.75) is 63.2 Å². The Morgan fingerprint density at radius 3 is 2.64 bits per heavy atom. The van der Waals surface area contributed by atoms with E-state index in [1.165, 1.54) is 0 Å². The number of nitrogens with one attached hydrogen (secondary N) is 1. The van der Waals surface area contributed by atoms with E-state index in [9.17, 15) is 19.5 Å². The molecule has 3 aliphatic heterocycles. The second kappa shape index (κ2) is 9.48. The number of rotatable bonds is 9. The molecule has 36 heavy (non-hydrogen) atoms. The number of ether oxygens (including phenoxy) is 2. The highest BCUT2D eigenvalue weighted by atomic mass is 16.6. The number of carbonyl (C=O) groups excluding carboxylic acids is 3. The largest absolute Gasteiger partial charge is 0.466 e. The predicted octanol–water partition coefficient (Wildman–Crippen LogP) is 3.27. The van der Waals surface area contributed by atoms with E-state index in [4.69, 9.17) is 9.47 Å². The number of anilines is 1. The molecule has 3 saturated heterocycles. The second-order valence-corrected chi connectivity index (χ2v) is 10.1. The normalized spacial score (nSPS) is 30.6. The summed E-state index contributed by atoms with van der Waals surface area (Å²) in [5, 5.41) is 14.4. The lowest BCUT2D eigenvalue weighted by molar-refractivity contribution is -0.160. The van der Waals surface area contributed by atoms with E-state index in [0.29, 0.717) is 44.3 Å². The molecule has 2 bridgehead atoms. The van der Waals surface area contributed by atoms with Gasteiger partial charge in [-0.25, -0.2) is 0 Å². The summed E-state index contributed by atoms with van der Waals surface area (Å²) in [6.07, 6.45) is 2.75. The average molecular weight is 495 g/mol. The van der Waals surface area contributed by atoms with Gasteiger partial charge in [-0.05, 0) is 61.9 Å². The van der Waals surface area contributed by atoms with Crippen molar-refractivity contribution in [1.29, 1.82) is 0 Å². The molecule has 3 aliphatic rings. The van der Waals surface area contributed by atoms with Crippen molar-refractivity contribution in [1.82, 2.24) is 4.90 Å². The first-order chi connectivity index (χ1) is 17.4. The Morgan fingerprint density at radius 2 is 1.92 bits per heavy atom. The molecule has 5 rings (SSSR count). The summed E-state index contributed by atoms with van der Waals surface area (Å²) in [5.41, 5.74) is -1.24. The number of nitrogens with zero attached hydrogens (tertiary/aromatic N) is 1. The number of aliphatic hydroxyl groups is 1. The number of aliphatic hydroxyl groups excluding tert-OH is 1. The Bertz CT molecular complexity index is 1180. The Balaban J connectivity index is 1.51. The average Bonchev–Trinajstić information content (AvgIpc) is 3.48. The zero-order valence-corrected chi connectivity index (χ0v) is 20.9. The van der Waals surface area contributed by atoms with Gasteiger partial charge in [0.15, 0.2) is 0 Å². The van der Waals surface area contributed by atoms with Gasteiger partial charge >= 0.3 is 5.97 Å². The number of fused-ring (bicyclic) bond motifs is 2. The van der Waals surface area contributed by atoms with E-state index >= 15 is 0 Å². The van der Waals surface area contributed by atoms with Crippen LogP contribution in [0.1, 0.15) is 46.0 Å². The first-order valence-electron chi connectivity index (χ1n) is 13.0. The molecule has 2 aromatic rings. The van der Waals surface area contributed by atoms with E-state index in [2.05, 4.69) is 5.32 Å². The molecule has 0 radical (unpaired) electrons. The monoisotopic (exact) mass is 494 g/mol. The molecule has 192 valence electrons. The van der Waals surface area contributed by atoms with Gasteiger partial charge in [0.25, 0.3) is 0 Å². The minimum atomic E-state index is -1.08. The summed E-state index contributed by atoms with van der Waals surface area (Å²) < 4.78 is 12.1. The number of hydrogen-bond donors (Lipinski definition) is 2. The maximum absolute atomic E-state index is 13.9. The molecule has 8 nitrogen and oxygen atoms in total. The van der Waals surface area contributed by atoms with Crippen molar-refractivity contribution in [3.05, 3.63) is 42.5 Å². The van der Waals surface area contributed by atoms with Crippen molar-refractivity contribution in [2.24, 2.45) is 11.8 Å². The zero-order chi connectivity index (χ0) is 25.5. The number of carbonyl (C=O) groups is 3. The van der Waals surface area contributed by atoms with Gasteiger partial charge < -0.3 is 24.8 Å². The molecule has 3 heterocycles. The van der Waals surface area contributed by atoms with Crippen LogP contribution in [0, 0.1) is 11.8 Å². The fourth-order valence-corrected chi connectivity index (χ4v) is 6.72. The third kappa shape index (κ3) is 3.69. The van der Waals surface area contributed by atoms with E-state index < -0.39 is 35.0 Å². The fraction of sp³-hybridized carbons (Fsp3) is 0.536. The maximum Gasteiger partial charge on any atom is 0.312 e. The molecule has 5 atom stereocenters. The quantitative estimate of drug-likeness (QED) is 0.410. The molecular weight excluding hydrogens is 460 g/mol. The van der Waals surface area contributed by atoms with Crippen molar-refractivity contribution >= 4 is 34.2 Å². The van der Waals surface area contributed by atoms with Crippen LogP contribution in [-0.4, -0.2) is 64.8 Å². The van der Waals surface area contributed by atoms with Crippen LogP contribution < -0.4 is 5.32 Å². The lowest BCUT2D eigenvalue weighted by atomic mass is 9.65. The van der Waals surface area contributed by atoms with Crippen molar-refractivity contribution in [3.63, 3.8) is 0 Å². The first-order valence-corrected chi connectivity index (χ1v) is 13.0. The minimum absolute atomic E-state index is 0.00541. The van der Waals surface area contributed by atoms with Gasteiger partial charge in [-0.2, -0.15) is 0 Å². The molecule has 2 aromatic carbocycles. The smallest absolute Gasteiger partial charge is 0.312 e. The van der Waals surface area contributed by atoms with Crippen LogP contribution in [0.5, 0.6) is 0 Å². The third-order valence-electron chi connectivity index (χ3n) is 8.29. The Labute approximate surface area is 210 Å². The fourth-order valence-electron chi connectivity index (χ4n) is 6.72. The molecule has 1 spiro atoms. The summed E-state index contributed by atoms with van der Waals surface area (Å²) in [7, 11) is 0. The molecule has 0 saturated carbocycles. The van der Waals surface area contributed by atoms with Crippen LogP contribution in [0.15, 0.2) is 42.5 Å². The highest BCUT2D eigenvalue weighted by molar-refractivity contribution is 6.04. The standard InChI is InChI=1S/C28H34N2O6/c1-3-27-13-14-28(36-27)21(22(27)26(34)35-4-2)25(33)30(15-7-8-16-31)23(28)24(32)29-20-12-11-18-9-5-6-10-19(18)17-20/h5-6,9-12,17,21-23,31H,3-4,7-8,13-16H2,1-2H3,(H,29,32)/t21-,22+,23?,27-,28?/m0/s1. The van der Waals surface area contributed by atoms with E-state index in [1.807, 2.05) is 49.4 Å². The molecule has 3 fully saturated rings. The predicted molar refractivity (Wildman–Crippen MR) is 134 cm³/mol. The first kappa shape index (κ1) is 24.7. The third-order valence-corrected chi connectivity index (χ3v) is 8.29. The lowest BCUT2D eigenvalue weighted by Gasteiger charge is -2.33. The van der Waals surface area contributed by atoms with Gasteiger partial charge in [0.05, 0.1) is 18.1 Å². The molecule has 8 heteroatoms. The van der Waals surface area contributed by atoms with Gasteiger partial charge in [0.2, 0.25) is 11.8 Å². The van der Waals surface area contributed by atoms with E-state index in [-0.39, 0.29) is 25.0 Å². The van der Waals surface area contributed by atoms with Crippen LogP contribution in [-0.2, 0) is 23.9 Å². The number of benzene rings is 2. The molecule has 2 unspecified atom stereocenters. The molecule has 0 aliphatic carbocycles. The van der Waals surface area contributed by atoms with Gasteiger partial charge in [0.1, 0.15) is 17.6 Å². The minimum Gasteiger partial charge on any atom is -0.466 e. The van der Waals surface area contributed by atoms with Crippen LogP contribution in [0.4, 0.5) is 5.69 Å². The topological polar surface area (TPSA) is 105 Å². The zero-order valence-electron chi connectivity index (χ0n) is 20.9. The van der Waals surface area contributed by atoms with Crippen LogP contribution >= 0.6 is 0 Å². The number of likely N-dealkylation sites (tertiary alicyclic amines) is 1. The Hall–Kier alpha value is -2.97. The number of amides is 2. The highest BCUT2D eigenvalue weighted by Gasteiger charge is 2.78. The molecule has 0 aromatic heterocycles. The highest BCUT2D eigenvalue weighted by Crippen LogP contribution is 2.64. The van der Waals surface area contributed by atoms with Crippen LogP contribution in [0.2, 0.25) is 0 Å². The van der Waals surface area contributed by atoms with Gasteiger partial charge in [-0.1, -0.05) is 37.3 Å². The van der Waals surface area contributed by atoms with Gasteiger partial charge in [-0.15, -0.1) is 0 Å². The van der Waals surface area contributed by atoms with Gasteiger partial charge in [-0.3, -0.25) is 14.4 Å². The molecule has 2 amide bonds. The molecule has 2 N–H and O–H groups in total. The summed E-state index contributed by atoms with van der Waals surface area (Å²) in [6, 6.07) is 12.7. The summed E-state index contributed by atoms with van der Waals surface area (Å²) in [4.78, 5) is 42.5. The van der Waals surface area contributed by atoms with Crippen molar-refractivity contribution in [2.75, 3.05) is 25.1 Å². The summed E-state index contributed by atoms with van der Waals surface area (Å²) >= 11 is 0. The SMILES string of the molecule is CCOC(=O)[C@H]1[C@H]2C(=O)N(CCCCO)C(C(=O)Nc3ccc4ccccc4c3)C23CC[C@]1(CC)O3.